The number of aliphatic hydroxyl groups is 1. The summed E-state index contributed by atoms with van der Waals surface area (Å²) in [5, 5.41) is 9.03. The van der Waals surface area contributed by atoms with E-state index < -0.39 is 6.10 Å². The van der Waals surface area contributed by atoms with E-state index in [9.17, 15) is 4.79 Å². The summed E-state index contributed by atoms with van der Waals surface area (Å²) in [5.41, 5.74) is 0. The molecule has 0 aromatic heterocycles. The first-order valence-corrected chi connectivity index (χ1v) is 6.71. The van der Waals surface area contributed by atoms with E-state index in [1.807, 2.05) is 0 Å². The number of hydrogen-bond acceptors (Lipinski definition) is 2. The standard InChI is InChI=1S/C17H22O2/c1-3-5-6-7-11-14-17(19)15-12-9-8-10-13-16(18)4-2/h4,12,15-16,18H,2-3,5-7,11,14H2,1H3. The lowest BCUT2D eigenvalue weighted by atomic mass is 10.1. The Bertz CT molecular complexity index is 410. The van der Waals surface area contributed by atoms with E-state index in [0.29, 0.717) is 6.42 Å². The van der Waals surface area contributed by atoms with Crippen molar-refractivity contribution in [2.75, 3.05) is 0 Å². The monoisotopic (exact) mass is 258 g/mol. The van der Waals surface area contributed by atoms with Crippen molar-refractivity contribution in [2.24, 2.45) is 0 Å². The molecule has 0 aliphatic carbocycles. The first-order chi connectivity index (χ1) is 9.20. The summed E-state index contributed by atoms with van der Waals surface area (Å²) in [6, 6.07) is 0. The van der Waals surface area contributed by atoms with Crippen molar-refractivity contribution in [1.82, 2.24) is 0 Å². The molecule has 0 aromatic rings. The van der Waals surface area contributed by atoms with E-state index in [4.69, 9.17) is 5.11 Å². The topological polar surface area (TPSA) is 37.3 Å². The molecule has 2 heteroatoms. The minimum atomic E-state index is -0.844. The number of unbranched alkanes of at least 4 members (excludes halogenated alkanes) is 4. The third-order valence-corrected chi connectivity index (χ3v) is 2.46. The Hall–Kier alpha value is -1.77. The van der Waals surface area contributed by atoms with Gasteiger partial charge in [-0.25, -0.2) is 0 Å². The van der Waals surface area contributed by atoms with E-state index in [0.717, 1.165) is 12.8 Å². The second-order valence-electron chi connectivity index (χ2n) is 4.18. The lowest BCUT2D eigenvalue weighted by Gasteiger charge is -1.96. The van der Waals surface area contributed by atoms with Gasteiger partial charge in [-0.1, -0.05) is 57.1 Å². The lowest BCUT2D eigenvalue weighted by molar-refractivity contribution is -0.114. The lowest BCUT2D eigenvalue weighted by Crippen LogP contribution is -1.94. The fourth-order valence-corrected chi connectivity index (χ4v) is 1.37. The molecule has 0 rings (SSSR count). The van der Waals surface area contributed by atoms with Crippen LogP contribution in [0.5, 0.6) is 0 Å². The van der Waals surface area contributed by atoms with Gasteiger partial charge < -0.3 is 5.11 Å². The van der Waals surface area contributed by atoms with Crippen LogP contribution < -0.4 is 0 Å². The van der Waals surface area contributed by atoms with Crippen LogP contribution in [0, 0.1) is 23.7 Å². The highest BCUT2D eigenvalue weighted by Gasteiger charge is 1.95. The molecule has 0 radical (unpaired) electrons. The summed E-state index contributed by atoms with van der Waals surface area (Å²) in [6.45, 7) is 5.56. The van der Waals surface area contributed by atoms with Gasteiger partial charge in [0.25, 0.3) is 0 Å². The molecule has 0 saturated carbocycles. The number of allylic oxidation sites excluding steroid dienone is 2. The van der Waals surface area contributed by atoms with E-state index >= 15 is 0 Å². The molecule has 0 fully saturated rings. The Balaban J connectivity index is 3.80. The van der Waals surface area contributed by atoms with Gasteiger partial charge in [-0.3, -0.25) is 4.79 Å². The molecule has 102 valence electrons. The Labute approximate surface area is 116 Å². The van der Waals surface area contributed by atoms with Crippen LogP contribution in [0.1, 0.15) is 45.4 Å². The van der Waals surface area contributed by atoms with E-state index in [-0.39, 0.29) is 5.78 Å². The number of carbonyl (C=O) groups is 1. The van der Waals surface area contributed by atoms with Gasteiger partial charge in [-0.15, -0.1) is 0 Å². The second-order valence-corrected chi connectivity index (χ2v) is 4.18. The molecule has 19 heavy (non-hydrogen) atoms. The van der Waals surface area contributed by atoms with Gasteiger partial charge in [0.15, 0.2) is 5.78 Å². The average Bonchev–Trinajstić information content (AvgIpc) is 2.42. The van der Waals surface area contributed by atoms with Crippen LogP contribution in [0.25, 0.3) is 0 Å². The first-order valence-electron chi connectivity index (χ1n) is 6.71. The van der Waals surface area contributed by atoms with Crippen LogP contribution in [0.15, 0.2) is 24.8 Å². The number of rotatable bonds is 8. The van der Waals surface area contributed by atoms with Crippen LogP contribution in [0.2, 0.25) is 0 Å². The SMILES string of the molecule is C=CC(O)C#CC#CC=CC(=O)CCCCCCC. The van der Waals surface area contributed by atoms with Gasteiger partial charge in [0, 0.05) is 6.42 Å². The fraction of sp³-hybridized carbons (Fsp3) is 0.471. The van der Waals surface area contributed by atoms with Crippen molar-refractivity contribution in [3.8, 4) is 23.7 Å². The summed E-state index contributed by atoms with van der Waals surface area (Å²) < 4.78 is 0. The molecule has 0 bridgehead atoms. The molecule has 0 saturated heterocycles. The third kappa shape index (κ3) is 12.5. The van der Waals surface area contributed by atoms with Gasteiger partial charge in [0.2, 0.25) is 0 Å². The maximum atomic E-state index is 11.4. The zero-order valence-corrected chi connectivity index (χ0v) is 11.6. The molecule has 1 N–H and O–H groups in total. The third-order valence-electron chi connectivity index (χ3n) is 2.46. The molecular weight excluding hydrogens is 236 g/mol. The smallest absolute Gasteiger partial charge is 0.156 e. The number of ketones is 1. The molecule has 2 nitrogen and oxygen atoms in total. The van der Waals surface area contributed by atoms with Crippen LogP contribution in [0.3, 0.4) is 0 Å². The van der Waals surface area contributed by atoms with Crippen LogP contribution in [-0.4, -0.2) is 17.0 Å². The van der Waals surface area contributed by atoms with Gasteiger partial charge >= 0.3 is 0 Å². The summed E-state index contributed by atoms with van der Waals surface area (Å²) >= 11 is 0. The predicted molar refractivity (Wildman–Crippen MR) is 79.3 cm³/mol. The summed E-state index contributed by atoms with van der Waals surface area (Å²) in [4.78, 5) is 11.4. The normalized spacial score (nSPS) is 11.1. The van der Waals surface area contributed by atoms with Gasteiger partial charge in [-0.05, 0) is 30.4 Å². The molecule has 0 aromatic carbocycles. The van der Waals surface area contributed by atoms with Crippen molar-refractivity contribution in [1.29, 1.82) is 0 Å². The van der Waals surface area contributed by atoms with Gasteiger partial charge in [0.05, 0.1) is 0 Å². The fourth-order valence-electron chi connectivity index (χ4n) is 1.37. The zero-order chi connectivity index (χ0) is 14.3. The first kappa shape index (κ1) is 17.2. The van der Waals surface area contributed by atoms with Crippen molar-refractivity contribution in [3.63, 3.8) is 0 Å². The summed E-state index contributed by atoms with van der Waals surface area (Å²) in [5.74, 6) is 10.2. The molecule has 0 amide bonds. The Morgan fingerprint density at radius 1 is 1.26 bits per heavy atom. The summed E-state index contributed by atoms with van der Waals surface area (Å²) in [6.07, 6.45) is 9.77. The van der Waals surface area contributed by atoms with E-state index in [1.165, 1.54) is 37.5 Å². The quantitative estimate of drug-likeness (QED) is 0.314. The van der Waals surface area contributed by atoms with Gasteiger partial charge in [-0.2, -0.15) is 0 Å². The van der Waals surface area contributed by atoms with Crippen molar-refractivity contribution >= 4 is 5.78 Å². The Kier molecular flexibility index (Phi) is 11.5. The Morgan fingerprint density at radius 2 is 2.00 bits per heavy atom. The number of carbonyl (C=O) groups excluding carboxylic acids is 1. The van der Waals surface area contributed by atoms with Gasteiger partial charge in [0.1, 0.15) is 6.10 Å². The molecule has 0 aliphatic heterocycles. The van der Waals surface area contributed by atoms with Crippen LogP contribution in [-0.2, 0) is 4.79 Å². The maximum absolute atomic E-state index is 11.4. The molecule has 1 unspecified atom stereocenters. The molecule has 0 spiro atoms. The summed E-state index contributed by atoms with van der Waals surface area (Å²) in [7, 11) is 0. The highest BCUT2D eigenvalue weighted by Crippen LogP contribution is 2.05. The molecule has 0 aliphatic rings. The number of aliphatic hydroxyl groups excluding tert-OH is 1. The van der Waals surface area contributed by atoms with Crippen LogP contribution >= 0.6 is 0 Å². The highest BCUT2D eigenvalue weighted by atomic mass is 16.3. The van der Waals surface area contributed by atoms with Crippen LogP contribution in [0.4, 0.5) is 0 Å². The average molecular weight is 258 g/mol. The second kappa shape index (κ2) is 12.7. The zero-order valence-electron chi connectivity index (χ0n) is 11.6. The van der Waals surface area contributed by atoms with Crippen molar-refractivity contribution in [2.45, 2.75) is 51.6 Å². The largest absolute Gasteiger partial charge is 0.377 e. The Morgan fingerprint density at radius 3 is 2.68 bits per heavy atom. The molecule has 1 atom stereocenters. The van der Waals surface area contributed by atoms with E-state index in [1.54, 1.807) is 0 Å². The highest BCUT2D eigenvalue weighted by molar-refractivity contribution is 5.90. The predicted octanol–water partition coefficient (Wildman–Crippen LogP) is 3.03. The molecule has 0 heterocycles. The van der Waals surface area contributed by atoms with Crippen molar-refractivity contribution < 1.29 is 9.90 Å². The van der Waals surface area contributed by atoms with Crippen molar-refractivity contribution in [3.05, 3.63) is 24.8 Å². The van der Waals surface area contributed by atoms with E-state index in [2.05, 4.69) is 37.2 Å². The number of hydrogen-bond donors (Lipinski definition) is 1. The minimum Gasteiger partial charge on any atom is -0.377 e. The minimum absolute atomic E-state index is 0.102. The molecular formula is C17H22O2. The maximum Gasteiger partial charge on any atom is 0.156 e.